The van der Waals surface area contributed by atoms with E-state index in [0.29, 0.717) is 12.5 Å². The van der Waals surface area contributed by atoms with Crippen molar-refractivity contribution in [3.8, 4) is 6.07 Å². The number of hydrogen-bond acceptors (Lipinski definition) is 3. The van der Waals surface area contributed by atoms with Gasteiger partial charge in [-0.1, -0.05) is 41.9 Å². The molecule has 2 unspecified atom stereocenters. The number of rotatable bonds is 4. The maximum Gasteiger partial charge on any atom is 0.142 e. The van der Waals surface area contributed by atoms with E-state index in [0.717, 1.165) is 31.2 Å². The summed E-state index contributed by atoms with van der Waals surface area (Å²) in [5.74, 6) is 0.600. The smallest absolute Gasteiger partial charge is 0.142 e. The molecule has 0 heterocycles. The molecular formula is C15H18N2O. The van der Waals surface area contributed by atoms with Crippen molar-refractivity contribution in [2.24, 2.45) is 17.0 Å². The standard InChI is InChI=1S/C15H18N2O/c16-10-14-7-4-8-15(9-14)11-17-18-12-13-5-2-1-3-6-13/h1-3,5-6,11,14-15H,4,7-9,12H2. The molecular weight excluding hydrogens is 224 g/mol. The van der Waals surface area contributed by atoms with Gasteiger partial charge in [-0.3, -0.25) is 0 Å². The van der Waals surface area contributed by atoms with E-state index in [9.17, 15) is 0 Å². The number of benzene rings is 1. The minimum atomic E-state index is 0.198. The van der Waals surface area contributed by atoms with Crippen molar-refractivity contribution in [2.75, 3.05) is 0 Å². The van der Waals surface area contributed by atoms with Gasteiger partial charge in [-0.05, 0) is 30.7 Å². The van der Waals surface area contributed by atoms with Crippen LogP contribution in [0, 0.1) is 23.2 Å². The monoisotopic (exact) mass is 242 g/mol. The maximum absolute atomic E-state index is 8.90. The van der Waals surface area contributed by atoms with Crippen molar-refractivity contribution in [2.45, 2.75) is 32.3 Å². The quantitative estimate of drug-likeness (QED) is 0.599. The molecule has 1 aromatic rings. The molecule has 1 aromatic carbocycles. The van der Waals surface area contributed by atoms with Gasteiger partial charge in [-0.15, -0.1) is 0 Å². The lowest BCUT2D eigenvalue weighted by Gasteiger charge is -2.21. The predicted molar refractivity (Wildman–Crippen MR) is 70.8 cm³/mol. The highest BCUT2D eigenvalue weighted by molar-refractivity contribution is 5.60. The zero-order valence-corrected chi connectivity index (χ0v) is 10.5. The minimum Gasteiger partial charge on any atom is -0.391 e. The maximum atomic E-state index is 8.90. The first-order chi connectivity index (χ1) is 8.88. The summed E-state index contributed by atoms with van der Waals surface area (Å²) in [4.78, 5) is 5.28. The highest BCUT2D eigenvalue weighted by Gasteiger charge is 2.20. The van der Waals surface area contributed by atoms with Crippen molar-refractivity contribution in [3.05, 3.63) is 35.9 Å². The first-order valence-electron chi connectivity index (χ1n) is 6.47. The number of hydrogen-bond donors (Lipinski definition) is 0. The fraction of sp³-hybridized carbons (Fsp3) is 0.467. The van der Waals surface area contributed by atoms with Gasteiger partial charge in [0.15, 0.2) is 0 Å². The van der Waals surface area contributed by atoms with Crippen molar-refractivity contribution in [1.29, 1.82) is 5.26 Å². The zero-order valence-electron chi connectivity index (χ0n) is 10.5. The largest absolute Gasteiger partial charge is 0.391 e. The summed E-state index contributed by atoms with van der Waals surface area (Å²) in [5.41, 5.74) is 1.12. The van der Waals surface area contributed by atoms with Crippen LogP contribution in [0.1, 0.15) is 31.2 Å². The third-order valence-corrected chi connectivity index (χ3v) is 3.32. The Morgan fingerprint density at radius 2 is 2.17 bits per heavy atom. The third kappa shape index (κ3) is 3.89. The van der Waals surface area contributed by atoms with Gasteiger partial charge < -0.3 is 4.84 Å². The summed E-state index contributed by atoms with van der Waals surface area (Å²) in [7, 11) is 0. The van der Waals surface area contributed by atoms with Gasteiger partial charge >= 0.3 is 0 Å². The van der Waals surface area contributed by atoms with Crippen LogP contribution in [-0.4, -0.2) is 6.21 Å². The van der Waals surface area contributed by atoms with Crippen LogP contribution in [-0.2, 0) is 11.4 Å². The van der Waals surface area contributed by atoms with E-state index < -0.39 is 0 Å². The van der Waals surface area contributed by atoms with Crippen LogP contribution in [0.4, 0.5) is 0 Å². The fourth-order valence-corrected chi connectivity index (χ4v) is 2.30. The molecule has 0 bridgehead atoms. The molecule has 2 atom stereocenters. The third-order valence-electron chi connectivity index (χ3n) is 3.32. The van der Waals surface area contributed by atoms with Crippen LogP contribution in [0.2, 0.25) is 0 Å². The molecule has 1 aliphatic carbocycles. The summed E-state index contributed by atoms with van der Waals surface area (Å²) in [6.07, 6.45) is 6.07. The van der Waals surface area contributed by atoms with Crippen molar-refractivity contribution < 1.29 is 4.84 Å². The van der Waals surface area contributed by atoms with E-state index in [1.165, 1.54) is 0 Å². The molecule has 0 radical (unpaired) electrons. The Balaban J connectivity index is 1.73. The van der Waals surface area contributed by atoms with Gasteiger partial charge in [0.1, 0.15) is 6.61 Å². The van der Waals surface area contributed by atoms with Gasteiger partial charge in [0, 0.05) is 12.1 Å². The Hall–Kier alpha value is -1.82. The normalized spacial score (nSPS) is 23.7. The highest BCUT2D eigenvalue weighted by Crippen LogP contribution is 2.27. The zero-order chi connectivity index (χ0) is 12.6. The lowest BCUT2D eigenvalue weighted by Crippen LogP contribution is -2.15. The number of oxime groups is 1. The van der Waals surface area contributed by atoms with Crippen LogP contribution in [0.25, 0.3) is 0 Å². The molecule has 0 saturated heterocycles. The van der Waals surface area contributed by atoms with Gasteiger partial charge in [-0.25, -0.2) is 0 Å². The SMILES string of the molecule is N#CC1CCCC(C=NOCc2ccccc2)C1. The van der Waals surface area contributed by atoms with E-state index >= 15 is 0 Å². The van der Waals surface area contributed by atoms with Crippen LogP contribution in [0.3, 0.4) is 0 Å². The molecule has 3 heteroatoms. The summed E-state index contributed by atoms with van der Waals surface area (Å²) < 4.78 is 0. The second-order valence-electron chi connectivity index (χ2n) is 4.77. The Morgan fingerprint density at radius 1 is 1.33 bits per heavy atom. The van der Waals surface area contributed by atoms with E-state index in [1.54, 1.807) is 0 Å². The molecule has 1 aliphatic rings. The Morgan fingerprint density at radius 3 is 2.94 bits per heavy atom. The molecule has 1 fully saturated rings. The average molecular weight is 242 g/mol. The van der Waals surface area contributed by atoms with E-state index in [1.807, 2.05) is 36.5 Å². The van der Waals surface area contributed by atoms with E-state index in [4.69, 9.17) is 10.1 Å². The summed E-state index contributed by atoms with van der Waals surface area (Å²) in [6.45, 7) is 0.506. The second-order valence-corrected chi connectivity index (χ2v) is 4.77. The summed E-state index contributed by atoms with van der Waals surface area (Å²) in [6, 6.07) is 12.3. The number of nitriles is 1. The van der Waals surface area contributed by atoms with Crippen LogP contribution < -0.4 is 0 Å². The van der Waals surface area contributed by atoms with Crippen LogP contribution in [0.5, 0.6) is 0 Å². The highest BCUT2D eigenvalue weighted by atomic mass is 16.6. The second kappa shape index (κ2) is 6.80. The minimum absolute atomic E-state index is 0.198. The van der Waals surface area contributed by atoms with E-state index in [2.05, 4.69) is 11.2 Å². The fourth-order valence-electron chi connectivity index (χ4n) is 2.30. The average Bonchev–Trinajstić information content (AvgIpc) is 2.45. The van der Waals surface area contributed by atoms with Gasteiger partial charge in [0.25, 0.3) is 0 Å². The first-order valence-corrected chi connectivity index (χ1v) is 6.47. The molecule has 18 heavy (non-hydrogen) atoms. The first kappa shape index (κ1) is 12.6. The van der Waals surface area contributed by atoms with Crippen molar-refractivity contribution in [3.63, 3.8) is 0 Å². The molecule has 0 amide bonds. The molecule has 3 nitrogen and oxygen atoms in total. The lowest BCUT2D eigenvalue weighted by atomic mass is 9.83. The Bertz CT molecular complexity index is 422. The van der Waals surface area contributed by atoms with Gasteiger partial charge in [0.05, 0.1) is 6.07 Å². The molecule has 0 aliphatic heterocycles. The molecule has 2 rings (SSSR count). The molecule has 0 spiro atoms. The molecule has 0 N–H and O–H groups in total. The summed E-state index contributed by atoms with van der Waals surface area (Å²) >= 11 is 0. The van der Waals surface area contributed by atoms with Crippen LogP contribution >= 0.6 is 0 Å². The van der Waals surface area contributed by atoms with Gasteiger partial charge in [0.2, 0.25) is 0 Å². The lowest BCUT2D eigenvalue weighted by molar-refractivity contribution is 0.130. The number of nitrogens with zero attached hydrogens (tertiary/aromatic N) is 2. The van der Waals surface area contributed by atoms with Gasteiger partial charge in [-0.2, -0.15) is 5.26 Å². The molecule has 0 aromatic heterocycles. The Labute approximate surface area is 108 Å². The predicted octanol–water partition coefficient (Wildman–Crippen LogP) is 3.52. The molecule has 94 valence electrons. The topological polar surface area (TPSA) is 45.4 Å². The molecule has 1 saturated carbocycles. The van der Waals surface area contributed by atoms with Crippen molar-refractivity contribution >= 4 is 6.21 Å². The van der Waals surface area contributed by atoms with Crippen LogP contribution in [0.15, 0.2) is 35.5 Å². The Kier molecular flexibility index (Phi) is 4.78. The summed E-state index contributed by atoms with van der Waals surface area (Å²) in [5, 5.41) is 12.9. The van der Waals surface area contributed by atoms with Crippen molar-refractivity contribution in [1.82, 2.24) is 0 Å². The van der Waals surface area contributed by atoms with E-state index in [-0.39, 0.29) is 5.92 Å².